The van der Waals surface area contributed by atoms with Crippen LogP contribution in [0.4, 0.5) is 10.2 Å². The Morgan fingerprint density at radius 2 is 2.00 bits per heavy atom. The van der Waals surface area contributed by atoms with E-state index in [2.05, 4.69) is 39.1 Å². The number of thiazole rings is 2. The average Bonchev–Trinajstić information content (AvgIpc) is 3.27. The standard InChI is InChI=1S/C30H34FN7O2S2/c1-4-22-27(33-17(2)28-35-26(23(14-32)41-28)20-5-7-21(31)8-6-20)38-15-24(42-29(38)34-22)19-9-11-37(12-10-19)25-13-30(25,16-39)36-18(3)40/h5-8,15,17,19,25,33,39H,4,9-13,16H2,1-3H3,(H,36,40). The van der Waals surface area contributed by atoms with Crippen LogP contribution in [0.3, 0.4) is 0 Å². The number of piperidine rings is 1. The van der Waals surface area contributed by atoms with Crippen LogP contribution in [-0.4, -0.2) is 61.6 Å². The van der Waals surface area contributed by atoms with E-state index < -0.39 is 5.54 Å². The first-order chi connectivity index (χ1) is 20.2. The van der Waals surface area contributed by atoms with E-state index >= 15 is 0 Å². The predicted molar refractivity (Wildman–Crippen MR) is 162 cm³/mol. The van der Waals surface area contributed by atoms with Crippen LogP contribution in [0.15, 0.2) is 30.5 Å². The fourth-order valence-corrected chi connectivity index (χ4v) is 8.18. The Hall–Kier alpha value is -3.37. The molecule has 0 bridgehead atoms. The maximum absolute atomic E-state index is 13.5. The molecule has 42 heavy (non-hydrogen) atoms. The van der Waals surface area contributed by atoms with Crippen molar-refractivity contribution in [3.8, 4) is 17.3 Å². The van der Waals surface area contributed by atoms with Gasteiger partial charge in [-0.15, -0.1) is 22.7 Å². The number of benzene rings is 1. The molecule has 4 aromatic rings. The van der Waals surface area contributed by atoms with E-state index in [9.17, 15) is 19.6 Å². The molecule has 6 rings (SSSR count). The number of nitrogens with zero attached hydrogens (tertiary/aromatic N) is 5. The normalized spacial score (nSPS) is 21.8. The molecule has 1 aliphatic carbocycles. The van der Waals surface area contributed by atoms with E-state index in [1.807, 2.05) is 6.92 Å². The van der Waals surface area contributed by atoms with Crippen LogP contribution in [0.25, 0.3) is 16.2 Å². The van der Waals surface area contributed by atoms with Gasteiger partial charge in [0.2, 0.25) is 5.91 Å². The molecule has 1 saturated heterocycles. The third kappa shape index (κ3) is 5.30. The highest BCUT2D eigenvalue weighted by Crippen LogP contribution is 2.44. The molecule has 3 N–H and O–H groups in total. The van der Waals surface area contributed by atoms with Crippen molar-refractivity contribution in [2.24, 2.45) is 0 Å². The van der Waals surface area contributed by atoms with Gasteiger partial charge in [0.15, 0.2) is 4.96 Å². The molecular weight excluding hydrogens is 574 g/mol. The van der Waals surface area contributed by atoms with E-state index in [1.165, 1.54) is 35.3 Å². The van der Waals surface area contributed by atoms with Crippen LogP contribution in [0.2, 0.25) is 0 Å². The summed E-state index contributed by atoms with van der Waals surface area (Å²) < 4.78 is 15.6. The number of halogens is 1. The molecule has 12 heteroatoms. The van der Waals surface area contributed by atoms with Crippen molar-refractivity contribution in [2.75, 3.05) is 25.0 Å². The Morgan fingerprint density at radius 1 is 1.26 bits per heavy atom. The first-order valence-corrected chi connectivity index (χ1v) is 16.0. The minimum atomic E-state index is -0.485. The lowest BCUT2D eigenvalue weighted by atomic mass is 9.95. The Bertz CT molecular complexity index is 1650. The number of aromatic nitrogens is 3. The molecule has 3 unspecified atom stereocenters. The first-order valence-electron chi connectivity index (χ1n) is 14.3. The number of nitrogens with one attached hydrogen (secondary N) is 2. The second-order valence-corrected chi connectivity index (χ2v) is 13.4. The van der Waals surface area contributed by atoms with Crippen LogP contribution >= 0.6 is 22.7 Å². The molecule has 9 nitrogen and oxygen atoms in total. The van der Waals surface area contributed by atoms with E-state index in [4.69, 9.17) is 9.97 Å². The number of carbonyl (C=O) groups is 1. The van der Waals surface area contributed by atoms with E-state index in [0.29, 0.717) is 16.5 Å². The predicted octanol–water partition coefficient (Wildman–Crippen LogP) is 5.08. The molecule has 1 amide bonds. The molecule has 3 atom stereocenters. The number of nitriles is 1. The average molecular weight is 608 g/mol. The van der Waals surface area contributed by atoms with Crippen molar-refractivity contribution in [3.05, 3.63) is 56.7 Å². The van der Waals surface area contributed by atoms with Gasteiger partial charge in [0.25, 0.3) is 0 Å². The molecule has 1 aromatic carbocycles. The van der Waals surface area contributed by atoms with Gasteiger partial charge in [-0.2, -0.15) is 5.26 Å². The summed E-state index contributed by atoms with van der Waals surface area (Å²) in [5.74, 6) is 0.955. The van der Waals surface area contributed by atoms with Crippen molar-refractivity contribution in [3.63, 3.8) is 0 Å². The lowest BCUT2D eigenvalue weighted by molar-refractivity contribution is -0.120. The van der Waals surface area contributed by atoms with Crippen LogP contribution in [0.5, 0.6) is 0 Å². The number of aliphatic hydroxyl groups is 1. The Kier molecular flexibility index (Phi) is 7.78. The van der Waals surface area contributed by atoms with Crippen LogP contribution in [0.1, 0.15) is 72.4 Å². The fourth-order valence-electron chi connectivity index (χ4n) is 6.12. The highest BCUT2D eigenvalue weighted by molar-refractivity contribution is 7.17. The largest absolute Gasteiger partial charge is 0.394 e. The Balaban J connectivity index is 1.17. The van der Waals surface area contributed by atoms with Crippen molar-refractivity contribution in [2.45, 2.75) is 70.0 Å². The number of imidazole rings is 1. The number of carbonyl (C=O) groups excluding carboxylic acids is 1. The maximum atomic E-state index is 13.5. The Labute approximate surface area is 252 Å². The summed E-state index contributed by atoms with van der Waals surface area (Å²) in [7, 11) is 0. The summed E-state index contributed by atoms with van der Waals surface area (Å²) in [6.07, 6.45) is 5.82. The zero-order valence-electron chi connectivity index (χ0n) is 23.9. The van der Waals surface area contributed by atoms with Gasteiger partial charge in [-0.3, -0.25) is 14.1 Å². The number of fused-ring (bicyclic) bond motifs is 1. The van der Waals surface area contributed by atoms with Crippen molar-refractivity contribution < 1.29 is 14.3 Å². The number of amides is 1. The van der Waals surface area contributed by atoms with Crippen molar-refractivity contribution in [1.82, 2.24) is 24.6 Å². The highest BCUT2D eigenvalue weighted by atomic mass is 32.1. The quantitative estimate of drug-likeness (QED) is 0.243. The number of aliphatic hydroxyl groups excluding tert-OH is 1. The van der Waals surface area contributed by atoms with Gasteiger partial charge in [0.05, 0.1) is 29.6 Å². The maximum Gasteiger partial charge on any atom is 0.217 e. The second-order valence-electron chi connectivity index (χ2n) is 11.3. The summed E-state index contributed by atoms with van der Waals surface area (Å²) in [6.45, 7) is 7.46. The van der Waals surface area contributed by atoms with Crippen molar-refractivity contribution >= 4 is 39.4 Å². The molecule has 4 heterocycles. The number of rotatable bonds is 9. The summed E-state index contributed by atoms with van der Waals surface area (Å²) >= 11 is 3.08. The second kappa shape index (κ2) is 11.4. The minimum Gasteiger partial charge on any atom is -0.394 e. The van der Waals surface area contributed by atoms with Crippen LogP contribution < -0.4 is 10.6 Å². The minimum absolute atomic E-state index is 0.0281. The fraction of sp³-hybridized carbons (Fsp3) is 0.467. The molecule has 0 spiro atoms. The molecular formula is C30H34FN7O2S2. The van der Waals surface area contributed by atoms with Gasteiger partial charge in [-0.1, -0.05) is 6.92 Å². The van der Waals surface area contributed by atoms with E-state index in [-0.39, 0.29) is 30.4 Å². The molecule has 2 aliphatic rings. The third-order valence-electron chi connectivity index (χ3n) is 8.45. The smallest absolute Gasteiger partial charge is 0.217 e. The highest BCUT2D eigenvalue weighted by Gasteiger charge is 2.57. The monoisotopic (exact) mass is 607 g/mol. The van der Waals surface area contributed by atoms with Gasteiger partial charge in [-0.05, 0) is 75.9 Å². The van der Waals surface area contributed by atoms with Gasteiger partial charge in [-0.25, -0.2) is 14.4 Å². The molecule has 2 fully saturated rings. The summed E-state index contributed by atoms with van der Waals surface area (Å²) in [5.41, 5.74) is 1.79. The lowest BCUT2D eigenvalue weighted by Gasteiger charge is -2.33. The number of hydrogen-bond acceptors (Lipinski definition) is 9. The van der Waals surface area contributed by atoms with Gasteiger partial charge >= 0.3 is 0 Å². The summed E-state index contributed by atoms with van der Waals surface area (Å²) in [6, 6.07) is 8.35. The van der Waals surface area contributed by atoms with Crippen molar-refractivity contribution in [1.29, 1.82) is 5.26 Å². The third-order valence-corrected chi connectivity index (χ3v) is 10.7. The first kappa shape index (κ1) is 28.7. The number of hydrogen-bond donors (Lipinski definition) is 3. The SMILES string of the molecule is CCc1nc2sc(C3CCN(C4CC4(CO)NC(C)=O)CC3)cn2c1NC(C)c1nc(-c2ccc(F)cc2)c(C#N)s1. The number of likely N-dealkylation sites (tertiary alicyclic amines) is 1. The molecule has 1 aliphatic heterocycles. The summed E-state index contributed by atoms with van der Waals surface area (Å²) in [5, 5.41) is 27.0. The van der Waals surface area contributed by atoms with Crippen LogP contribution in [0, 0.1) is 17.1 Å². The number of anilines is 1. The molecule has 0 radical (unpaired) electrons. The Morgan fingerprint density at radius 3 is 2.64 bits per heavy atom. The number of aryl methyl sites for hydroxylation is 1. The summed E-state index contributed by atoms with van der Waals surface area (Å²) in [4.78, 5) is 26.5. The van der Waals surface area contributed by atoms with E-state index in [1.54, 1.807) is 23.5 Å². The van der Waals surface area contributed by atoms with Gasteiger partial charge < -0.3 is 15.7 Å². The van der Waals surface area contributed by atoms with E-state index in [0.717, 1.165) is 65.8 Å². The zero-order chi connectivity index (χ0) is 29.6. The lowest BCUT2D eigenvalue weighted by Crippen LogP contribution is -2.47. The molecule has 220 valence electrons. The van der Waals surface area contributed by atoms with Gasteiger partial charge in [0.1, 0.15) is 27.6 Å². The van der Waals surface area contributed by atoms with Gasteiger partial charge in [0, 0.05) is 29.6 Å². The molecule has 3 aromatic heterocycles. The zero-order valence-corrected chi connectivity index (χ0v) is 25.5. The molecule has 1 saturated carbocycles. The topological polar surface area (TPSA) is 119 Å². The van der Waals surface area contributed by atoms with Crippen LogP contribution in [-0.2, 0) is 11.2 Å².